The lowest BCUT2D eigenvalue weighted by atomic mass is 10.1. The third kappa shape index (κ3) is 16.9. The molecule has 0 aromatic rings. The number of carbonyl (C=O) groups excluding carboxylic acids is 2. The molecule has 0 bridgehead atoms. The van der Waals surface area contributed by atoms with Gasteiger partial charge in [-0.25, -0.2) is 0 Å². The Morgan fingerprint density at radius 3 is 1.63 bits per heavy atom. The van der Waals surface area contributed by atoms with Crippen molar-refractivity contribution < 1.29 is 9.59 Å². The summed E-state index contributed by atoms with van der Waals surface area (Å²) in [4.78, 5) is 28.2. The van der Waals surface area contributed by atoms with Crippen molar-refractivity contribution in [2.24, 2.45) is 0 Å². The predicted molar refractivity (Wildman–Crippen MR) is 129 cm³/mol. The molecule has 0 rings (SSSR count). The average molecular weight is 418 g/mol. The number of amides is 1. The SMILES string of the molecule is C=CCN(CC=C)CCC(=O)CCCCCCCNC(=O)CCN(CC=C)CC=C. The number of carbonyl (C=O) groups is 2. The van der Waals surface area contributed by atoms with Crippen molar-refractivity contribution in [1.82, 2.24) is 15.1 Å². The zero-order valence-corrected chi connectivity index (χ0v) is 19.0. The van der Waals surface area contributed by atoms with Crippen LogP contribution in [0.3, 0.4) is 0 Å². The fraction of sp³-hybridized carbons (Fsp3) is 0.600. The van der Waals surface area contributed by atoms with Crippen LogP contribution in [-0.2, 0) is 9.59 Å². The Balaban J connectivity index is 3.64. The van der Waals surface area contributed by atoms with Crippen molar-refractivity contribution in [2.45, 2.75) is 51.4 Å². The monoisotopic (exact) mass is 417 g/mol. The second-order valence-corrected chi connectivity index (χ2v) is 7.58. The van der Waals surface area contributed by atoms with Crippen molar-refractivity contribution >= 4 is 11.7 Å². The molecule has 0 aliphatic carbocycles. The highest BCUT2D eigenvalue weighted by Gasteiger charge is 2.07. The smallest absolute Gasteiger partial charge is 0.221 e. The van der Waals surface area contributed by atoms with E-state index in [4.69, 9.17) is 0 Å². The molecule has 30 heavy (non-hydrogen) atoms. The van der Waals surface area contributed by atoms with Gasteiger partial charge in [0.25, 0.3) is 0 Å². The Kier molecular flexibility index (Phi) is 19.0. The number of nitrogens with zero attached hydrogens (tertiary/aromatic N) is 2. The minimum Gasteiger partial charge on any atom is -0.356 e. The lowest BCUT2D eigenvalue weighted by molar-refractivity contribution is -0.121. The number of hydrogen-bond acceptors (Lipinski definition) is 4. The summed E-state index contributed by atoms with van der Waals surface area (Å²) in [6, 6.07) is 0. The normalized spacial score (nSPS) is 10.7. The number of hydrogen-bond donors (Lipinski definition) is 1. The number of nitrogens with one attached hydrogen (secondary N) is 1. The van der Waals surface area contributed by atoms with Crippen LogP contribution in [0.15, 0.2) is 50.6 Å². The molecule has 0 unspecified atom stereocenters. The molecular formula is C25H43N3O2. The summed E-state index contributed by atoms with van der Waals surface area (Å²) in [6.45, 7) is 20.3. The van der Waals surface area contributed by atoms with Crippen molar-refractivity contribution in [1.29, 1.82) is 0 Å². The van der Waals surface area contributed by atoms with E-state index in [1.54, 1.807) is 0 Å². The molecule has 0 spiro atoms. The lowest BCUT2D eigenvalue weighted by Gasteiger charge is -2.18. The Morgan fingerprint density at radius 1 is 0.633 bits per heavy atom. The highest BCUT2D eigenvalue weighted by molar-refractivity contribution is 5.78. The number of unbranched alkanes of at least 4 members (excludes halogenated alkanes) is 4. The van der Waals surface area contributed by atoms with Crippen LogP contribution >= 0.6 is 0 Å². The van der Waals surface area contributed by atoms with E-state index in [2.05, 4.69) is 41.4 Å². The van der Waals surface area contributed by atoms with Gasteiger partial charge in [0, 0.05) is 65.1 Å². The van der Waals surface area contributed by atoms with Gasteiger partial charge in [0.05, 0.1) is 0 Å². The van der Waals surface area contributed by atoms with Gasteiger partial charge in [-0.15, -0.1) is 26.3 Å². The van der Waals surface area contributed by atoms with Crippen LogP contribution in [0.5, 0.6) is 0 Å². The van der Waals surface area contributed by atoms with E-state index in [-0.39, 0.29) is 5.91 Å². The zero-order chi connectivity index (χ0) is 22.5. The van der Waals surface area contributed by atoms with Crippen molar-refractivity contribution in [3.05, 3.63) is 50.6 Å². The maximum absolute atomic E-state index is 12.0. The van der Waals surface area contributed by atoms with Gasteiger partial charge in [0.1, 0.15) is 5.78 Å². The Bertz CT molecular complexity index is 451. The van der Waals surface area contributed by atoms with Crippen molar-refractivity contribution in [3.8, 4) is 0 Å². The first kappa shape index (κ1) is 28.0. The van der Waals surface area contributed by atoms with Crippen LogP contribution in [-0.4, -0.2) is 67.3 Å². The fourth-order valence-electron chi connectivity index (χ4n) is 3.21. The van der Waals surface area contributed by atoms with Gasteiger partial charge >= 0.3 is 0 Å². The summed E-state index contributed by atoms with van der Waals surface area (Å²) >= 11 is 0. The second kappa shape index (κ2) is 20.3. The summed E-state index contributed by atoms with van der Waals surface area (Å²) in [5.74, 6) is 0.433. The summed E-state index contributed by atoms with van der Waals surface area (Å²) in [7, 11) is 0. The van der Waals surface area contributed by atoms with Gasteiger partial charge in [-0.1, -0.05) is 43.6 Å². The maximum Gasteiger partial charge on any atom is 0.221 e. The molecule has 0 heterocycles. The molecule has 5 nitrogen and oxygen atoms in total. The standard InChI is InChI=1S/C25H43N3O2/c1-5-18-27(19-6-2)22-15-24(29)14-12-10-9-11-13-17-26-25(30)16-23-28(20-7-3)21-8-4/h5-8H,1-4,9-23H2,(H,26,30). The molecule has 170 valence electrons. The molecule has 0 fully saturated rings. The Morgan fingerprint density at radius 2 is 1.10 bits per heavy atom. The first-order valence-electron chi connectivity index (χ1n) is 11.2. The Labute approximate surface area is 184 Å². The highest BCUT2D eigenvalue weighted by atomic mass is 16.1. The molecule has 0 aromatic carbocycles. The van der Waals surface area contributed by atoms with E-state index in [0.717, 1.165) is 77.9 Å². The van der Waals surface area contributed by atoms with Gasteiger partial charge in [-0.05, 0) is 12.8 Å². The summed E-state index contributed by atoms with van der Waals surface area (Å²) in [5.41, 5.74) is 0. The highest BCUT2D eigenvalue weighted by Crippen LogP contribution is 2.07. The Hall–Kier alpha value is -1.98. The van der Waals surface area contributed by atoms with Gasteiger partial charge in [-0.3, -0.25) is 19.4 Å². The summed E-state index contributed by atoms with van der Waals surface area (Å²) in [6.07, 6.45) is 14.4. The average Bonchev–Trinajstić information content (AvgIpc) is 2.72. The topological polar surface area (TPSA) is 52.7 Å². The molecular weight excluding hydrogens is 374 g/mol. The van der Waals surface area contributed by atoms with Crippen LogP contribution < -0.4 is 5.32 Å². The minimum atomic E-state index is 0.0978. The third-order valence-electron chi connectivity index (χ3n) is 4.87. The summed E-state index contributed by atoms with van der Waals surface area (Å²) < 4.78 is 0. The van der Waals surface area contributed by atoms with Crippen LogP contribution in [0.25, 0.3) is 0 Å². The number of rotatable bonds is 22. The molecule has 5 heteroatoms. The van der Waals surface area contributed by atoms with E-state index >= 15 is 0 Å². The molecule has 0 saturated carbocycles. The molecule has 0 aliphatic heterocycles. The van der Waals surface area contributed by atoms with E-state index in [1.807, 2.05) is 24.3 Å². The molecule has 0 aliphatic rings. The largest absolute Gasteiger partial charge is 0.356 e. The van der Waals surface area contributed by atoms with Gasteiger partial charge in [0.15, 0.2) is 0 Å². The first-order valence-corrected chi connectivity index (χ1v) is 11.2. The number of Topliss-reactive ketones (excluding diaryl/α,β-unsaturated/α-hetero) is 1. The first-order chi connectivity index (χ1) is 14.6. The molecule has 1 amide bonds. The summed E-state index contributed by atoms with van der Waals surface area (Å²) in [5, 5.41) is 2.99. The van der Waals surface area contributed by atoms with E-state index in [9.17, 15) is 9.59 Å². The lowest BCUT2D eigenvalue weighted by Crippen LogP contribution is -2.31. The molecule has 0 atom stereocenters. The predicted octanol–water partition coefficient (Wildman–Crippen LogP) is 4.14. The van der Waals surface area contributed by atoms with Crippen LogP contribution in [0.4, 0.5) is 0 Å². The van der Waals surface area contributed by atoms with Crippen molar-refractivity contribution in [3.63, 3.8) is 0 Å². The van der Waals surface area contributed by atoms with E-state index < -0.39 is 0 Å². The van der Waals surface area contributed by atoms with E-state index in [1.165, 1.54) is 0 Å². The molecule has 1 N–H and O–H groups in total. The van der Waals surface area contributed by atoms with Crippen LogP contribution in [0.1, 0.15) is 51.4 Å². The van der Waals surface area contributed by atoms with Gasteiger partial charge < -0.3 is 5.32 Å². The van der Waals surface area contributed by atoms with Gasteiger partial charge in [0.2, 0.25) is 5.91 Å². The van der Waals surface area contributed by atoms with E-state index in [0.29, 0.717) is 25.0 Å². The van der Waals surface area contributed by atoms with Crippen molar-refractivity contribution in [2.75, 3.05) is 45.8 Å². The van der Waals surface area contributed by atoms with Gasteiger partial charge in [-0.2, -0.15) is 0 Å². The quantitative estimate of drug-likeness (QED) is 0.212. The molecule has 0 aromatic heterocycles. The third-order valence-corrected chi connectivity index (χ3v) is 4.87. The second-order valence-electron chi connectivity index (χ2n) is 7.58. The minimum absolute atomic E-state index is 0.0978. The maximum atomic E-state index is 12.0. The molecule has 0 saturated heterocycles. The zero-order valence-electron chi connectivity index (χ0n) is 19.0. The van der Waals surface area contributed by atoms with Crippen LogP contribution in [0, 0.1) is 0 Å². The fourth-order valence-corrected chi connectivity index (χ4v) is 3.21. The van der Waals surface area contributed by atoms with Crippen LogP contribution in [0.2, 0.25) is 0 Å². The molecule has 0 radical (unpaired) electrons. The number of ketones is 1.